The average Bonchev–Trinajstić information content (AvgIpc) is 3.36. The minimum absolute atomic E-state index is 0.0697. The van der Waals surface area contributed by atoms with E-state index in [1.54, 1.807) is 42.5 Å². The van der Waals surface area contributed by atoms with Crippen molar-refractivity contribution in [2.24, 2.45) is 0 Å². The number of carbonyl (C=O) groups is 3. The van der Waals surface area contributed by atoms with Gasteiger partial charge in [-0.25, -0.2) is 9.78 Å². The molecule has 0 aliphatic carbocycles. The molecule has 1 unspecified atom stereocenters. The molecule has 4 aromatic rings. The van der Waals surface area contributed by atoms with Crippen molar-refractivity contribution in [3.8, 4) is 11.3 Å². The fourth-order valence-corrected chi connectivity index (χ4v) is 5.33. The minimum atomic E-state index is -1.17. The zero-order chi connectivity index (χ0) is 26.4. The molecular weight excluding hydrogens is 530 g/mol. The Morgan fingerprint density at radius 3 is 2.43 bits per heavy atom. The molecule has 0 radical (unpaired) electrons. The van der Waals surface area contributed by atoms with E-state index in [4.69, 9.17) is 11.6 Å². The number of aromatic carboxylic acids is 1. The Balaban J connectivity index is 1.41. The van der Waals surface area contributed by atoms with Gasteiger partial charge >= 0.3 is 5.97 Å². The summed E-state index contributed by atoms with van der Waals surface area (Å²) in [5, 5.41) is 17.6. The monoisotopic (exact) mass is 551 g/mol. The van der Waals surface area contributed by atoms with Gasteiger partial charge in [-0.15, -0.1) is 23.1 Å². The van der Waals surface area contributed by atoms with Crippen LogP contribution in [0.2, 0.25) is 5.02 Å². The summed E-state index contributed by atoms with van der Waals surface area (Å²) in [5.41, 5.74) is 2.16. The van der Waals surface area contributed by atoms with Crippen LogP contribution in [0.25, 0.3) is 11.3 Å². The van der Waals surface area contributed by atoms with Gasteiger partial charge in [0, 0.05) is 26.5 Å². The molecule has 0 fully saturated rings. The number of carbonyl (C=O) groups excluding carboxylic acids is 2. The predicted molar refractivity (Wildman–Crippen MR) is 149 cm³/mol. The lowest BCUT2D eigenvalue weighted by atomic mass is 10.1. The molecule has 2 amide bonds. The van der Waals surface area contributed by atoms with E-state index in [2.05, 4.69) is 15.6 Å². The SMILES string of the molecule is CCC(Sc1cccc(NC(=O)c2ccccc2C(=O)O)c1)C(=O)Nc1nc(-c2ccc(Cl)cc2)cs1. The lowest BCUT2D eigenvalue weighted by Crippen LogP contribution is -2.24. The van der Waals surface area contributed by atoms with E-state index in [1.165, 1.54) is 35.2 Å². The number of anilines is 2. The van der Waals surface area contributed by atoms with Crippen LogP contribution in [0.3, 0.4) is 0 Å². The van der Waals surface area contributed by atoms with Crippen LogP contribution < -0.4 is 10.6 Å². The number of nitrogens with zero attached hydrogens (tertiary/aromatic N) is 1. The highest BCUT2D eigenvalue weighted by molar-refractivity contribution is 8.00. The number of benzene rings is 3. The molecule has 37 heavy (non-hydrogen) atoms. The van der Waals surface area contributed by atoms with Crippen LogP contribution in [0.5, 0.6) is 0 Å². The Morgan fingerprint density at radius 1 is 1.00 bits per heavy atom. The lowest BCUT2D eigenvalue weighted by molar-refractivity contribution is -0.115. The lowest BCUT2D eigenvalue weighted by Gasteiger charge is -2.14. The van der Waals surface area contributed by atoms with E-state index in [9.17, 15) is 19.5 Å². The minimum Gasteiger partial charge on any atom is -0.478 e. The third-order valence-corrected chi connectivity index (χ3v) is 7.68. The number of amides is 2. The van der Waals surface area contributed by atoms with E-state index in [1.807, 2.05) is 30.5 Å². The first-order valence-electron chi connectivity index (χ1n) is 11.3. The second-order valence-electron chi connectivity index (χ2n) is 7.88. The summed E-state index contributed by atoms with van der Waals surface area (Å²) in [6.07, 6.45) is 0.578. The second kappa shape index (κ2) is 12.1. The summed E-state index contributed by atoms with van der Waals surface area (Å²) in [6, 6.07) is 20.4. The third-order valence-electron chi connectivity index (χ3n) is 5.31. The summed E-state index contributed by atoms with van der Waals surface area (Å²) in [6.45, 7) is 1.92. The standard InChI is InChI=1S/C27H22ClN3O4S2/c1-2-23(25(33)31-27-30-22(15-36-27)16-10-12-17(28)13-11-16)37-19-7-5-6-18(14-19)29-24(32)20-8-3-4-9-21(20)26(34)35/h3-15,23H,2H2,1H3,(H,29,32)(H,34,35)(H,30,31,33). The molecule has 7 nitrogen and oxygen atoms in total. The predicted octanol–water partition coefficient (Wildman–Crippen LogP) is 6.92. The maximum absolute atomic E-state index is 13.0. The average molecular weight is 552 g/mol. The van der Waals surface area contributed by atoms with Gasteiger partial charge < -0.3 is 15.7 Å². The molecule has 4 rings (SSSR count). The molecule has 10 heteroatoms. The van der Waals surface area contributed by atoms with Crippen molar-refractivity contribution in [1.82, 2.24) is 4.98 Å². The maximum Gasteiger partial charge on any atom is 0.336 e. The second-order valence-corrected chi connectivity index (χ2v) is 10.5. The van der Waals surface area contributed by atoms with Crippen LogP contribution in [-0.2, 0) is 4.79 Å². The number of rotatable bonds is 9. The molecule has 0 saturated carbocycles. The summed E-state index contributed by atoms with van der Waals surface area (Å²) < 4.78 is 0. The van der Waals surface area contributed by atoms with Gasteiger partial charge in [0.05, 0.1) is 22.1 Å². The largest absolute Gasteiger partial charge is 0.478 e. The van der Waals surface area contributed by atoms with E-state index in [-0.39, 0.29) is 22.3 Å². The van der Waals surface area contributed by atoms with Crippen LogP contribution in [-0.4, -0.2) is 33.1 Å². The third kappa shape index (κ3) is 6.76. The maximum atomic E-state index is 13.0. The van der Waals surface area contributed by atoms with Crippen LogP contribution >= 0.6 is 34.7 Å². The molecule has 0 bridgehead atoms. The van der Waals surface area contributed by atoms with Crippen LogP contribution in [0.4, 0.5) is 10.8 Å². The Labute approximate surface area is 226 Å². The Kier molecular flexibility index (Phi) is 8.60. The fourth-order valence-electron chi connectivity index (χ4n) is 3.47. The van der Waals surface area contributed by atoms with Crippen molar-refractivity contribution in [3.63, 3.8) is 0 Å². The molecule has 0 aliphatic heterocycles. The van der Waals surface area contributed by atoms with E-state index >= 15 is 0 Å². The Morgan fingerprint density at radius 2 is 1.73 bits per heavy atom. The number of hydrogen-bond acceptors (Lipinski definition) is 6. The van der Waals surface area contributed by atoms with Crippen molar-refractivity contribution in [3.05, 3.63) is 94.3 Å². The quantitative estimate of drug-likeness (QED) is 0.195. The Hall–Kier alpha value is -3.66. The fraction of sp³-hybridized carbons (Fsp3) is 0.111. The summed E-state index contributed by atoms with van der Waals surface area (Å²) >= 11 is 8.67. The van der Waals surface area contributed by atoms with Gasteiger partial charge in [-0.05, 0) is 48.9 Å². The van der Waals surface area contributed by atoms with Gasteiger partial charge in [0.1, 0.15) is 0 Å². The number of hydrogen-bond donors (Lipinski definition) is 3. The number of carboxylic acid groups (broad SMARTS) is 1. The number of nitrogens with one attached hydrogen (secondary N) is 2. The first-order valence-corrected chi connectivity index (χ1v) is 13.4. The highest BCUT2D eigenvalue weighted by Gasteiger charge is 2.20. The zero-order valence-electron chi connectivity index (χ0n) is 19.6. The molecule has 1 heterocycles. The summed E-state index contributed by atoms with van der Waals surface area (Å²) in [7, 11) is 0. The first-order chi connectivity index (χ1) is 17.8. The van der Waals surface area contributed by atoms with E-state index < -0.39 is 11.9 Å². The number of aromatic nitrogens is 1. The van der Waals surface area contributed by atoms with Gasteiger partial charge in [0.25, 0.3) is 5.91 Å². The van der Waals surface area contributed by atoms with Gasteiger partial charge in [-0.2, -0.15) is 0 Å². The van der Waals surface area contributed by atoms with E-state index in [0.29, 0.717) is 22.3 Å². The molecule has 0 saturated heterocycles. The summed E-state index contributed by atoms with van der Waals surface area (Å²) in [5.74, 6) is -1.87. The number of thiazole rings is 1. The highest BCUT2D eigenvalue weighted by Crippen LogP contribution is 2.30. The molecule has 1 aromatic heterocycles. The summed E-state index contributed by atoms with van der Waals surface area (Å²) in [4.78, 5) is 42.4. The van der Waals surface area contributed by atoms with Crippen LogP contribution in [0.1, 0.15) is 34.1 Å². The Bertz CT molecular complexity index is 1440. The molecule has 3 N–H and O–H groups in total. The van der Waals surface area contributed by atoms with Crippen LogP contribution in [0, 0.1) is 0 Å². The molecule has 3 aromatic carbocycles. The topological polar surface area (TPSA) is 108 Å². The van der Waals surface area contributed by atoms with Gasteiger partial charge in [-0.3, -0.25) is 9.59 Å². The van der Waals surface area contributed by atoms with Crippen molar-refractivity contribution >= 4 is 63.3 Å². The molecular formula is C27H22ClN3O4S2. The van der Waals surface area contributed by atoms with Crippen molar-refractivity contribution < 1.29 is 19.5 Å². The first kappa shape index (κ1) is 26.4. The number of carboxylic acids is 1. The molecule has 0 spiro atoms. The van der Waals surface area contributed by atoms with Crippen molar-refractivity contribution in [2.75, 3.05) is 10.6 Å². The van der Waals surface area contributed by atoms with Crippen molar-refractivity contribution in [2.45, 2.75) is 23.5 Å². The van der Waals surface area contributed by atoms with Crippen LogP contribution in [0.15, 0.2) is 83.1 Å². The zero-order valence-corrected chi connectivity index (χ0v) is 22.0. The smallest absolute Gasteiger partial charge is 0.336 e. The highest BCUT2D eigenvalue weighted by atomic mass is 35.5. The van der Waals surface area contributed by atoms with Gasteiger partial charge in [0.2, 0.25) is 5.91 Å². The van der Waals surface area contributed by atoms with Crippen molar-refractivity contribution in [1.29, 1.82) is 0 Å². The molecule has 188 valence electrons. The molecule has 1 atom stereocenters. The number of halogens is 1. The van der Waals surface area contributed by atoms with Gasteiger partial charge in [-0.1, -0.05) is 48.9 Å². The molecule has 0 aliphatic rings. The van der Waals surface area contributed by atoms with Gasteiger partial charge in [0.15, 0.2) is 5.13 Å². The number of thioether (sulfide) groups is 1. The van der Waals surface area contributed by atoms with E-state index in [0.717, 1.165) is 16.2 Å². The normalized spacial score (nSPS) is 11.5.